The van der Waals surface area contributed by atoms with Crippen molar-refractivity contribution in [1.29, 1.82) is 0 Å². The van der Waals surface area contributed by atoms with Crippen LogP contribution in [-0.4, -0.2) is 45.8 Å². The summed E-state index contributed by atoms with van der Waals surface area (Å²) in [5, 5.41) is 12.9. The minimum Gasteiger partial charge on any atom is -0.396 e. The number of hydrogen-bond donors (Lipinski definition) is 3. The SMILES string of the molecule is Nc1nc(NC2CCCCC2CO)nc(N2CCCC2)n1. The minimum atomic E-state index is 0.206. The minimum absolute atomic E-state index is 0.206. The van der Waals surface area contributed by atoms with Gasteiger partial charge in [0.2, 0.25) is 17.8 Å². The molecule has 7 nitrogen and oxygen atoms in total. The van der Waals surface area contributed by atoms with Crippen LogP contribution in [0, 0.1) is 5.92 Å². The second-order valence-corrected chi connectivity index (χ2v) is 5.99. The Labute approximate surface area is 125 Å². The molecule has 2 aliphatic rings. The zero-order valence-corrected chi connectivity index (χ0v) is 12.3. The van der Waals surface area contributed by atoms with Gasteiger partial charge in [0.15, 0.2) is 0 Å². The van der Waals surface area contributed by atoms with E-state index in [0.29, 0.717) is 11.9 Å². The van der Waals surface area contributed by atoms with Crippen molar-refractivity contribution in [1.82, 2.24) is 15.0 Å². The lowest BCUT2D eigenvalue weighted by molar-refractivity contribution is 0.178. The van der Waals surface area contributed by atoms with Crippen LogP contribution >= 0.6 is 0 Å². The third-order valence-corrected chi connectivity index (χ3v) is 4.49. The summed E-state index contributed by atoms with van der Waals surface area (Å²) in [6, 6.07) is 0.219. The number of hydrogen-bond acceptors (Lipinski definition) is 7. The Morgan fingerprint density at radius 2 is 1.86 bits per heavy atom. The summed E-state index contributed by atoms with van der Waals surface area (Å²) in [6.45, 7) is 2.16. The number of anilines is 3. The van der Waals surface area contributed by atoms with E-state index in [9.17, 15) is 5.11 Å². The normalized spacial score (nSPS) is 26.0. The zero-order chi connectivity index (χ0) is 14.7. The van der Waals surface area contributed by atoms with Crippen LogP contribution in [0.15, 0.2) is 0 Å². The number of aliphatic hydroxyl groups excluding tert-OH is 1. The summed E-state index contributed by atoms with van der Waals surface area (Å²) >= 11 is 0. The van der Waals surface area contributed by atoms with E-state index in [4.69, 9.17) is 5.73 Å². The molecule has 2 fully saturated rings. The molecule has 1 aliphatic heterocycles. The third kappa shape index (κ3) is 3.34. The van der Waals surface area contributed by atoms with Crippen molar-refractivity contribution < 1.29 is 5.11 Å². The first-order chi connectivity index (χ1) is 10.3. The molecule has 2 heterocycles. The molecular formula is C14H24N6O. The van der Waals surface area contributed by atoms with Gasteiger partial charge in [-0.15, -0.1) is 0 Å². The maximum absolute atomic E-state index is 9.50. The summed E-state index contributed by atoms with van der Waals surface area (Å²) in [5.74, 6) is 1.73. The number of aromatic nitrogens is 3. The Morgan fingerprint density at radius 3 is 2.62 bits per heavy atom. The molecule has 2 unspecified atom stereocenters. The average Bonchev–Trinajstić information content (AvgIpc) is 3.01. The highest BCUT2D eigenvalue weighted by molar-refractivity contribution is 5.43. The summed E-state index contributed by atoms with van der Waals surface area (Å²) < 4.78 is 0. The number of nitrogen functional groups attached to an aromatic ring is 1. The second-order valence-electron chi connectivity index (χ2n) is 5.99. The monoisotopic (exact) mass is 292 g/mol. The number of nitrogens with two attached hydrogens (primary N) is 1. The maximum Gasteiger partial charge on any atom is 0.231 e. The lowest BCUT2D eigenvalue weighted by Crippen LogP contribution is -2.35. The predicted molar refractivity (Wildman–Crippen MR) is 82.1 cm³/mol. The van der Waals surface area contributed by atoms with Crippen LogP contribution in [0.4, 0.5) is 17.8 Å². The number of nitrogens with zero attached hydrogens (tertiary/aromatic N) is 4. The molecule has 4 N–H and O–H groups in total. The lowest BCUT2D eigenvalue weighted by atomic mass is 9.85. The number of rotatable bonds is 4. The molecule has 1 aromatic rings. The Balaban J connectivity index is 1.74. The number of aliphatic hydroxyl groups is 1. The molecule has 3 rings (SSSR count). The molecule has 1 aliphatic carbocycles. The molecule has 1 aromatic heterocycles. The van der Waals surface area contributed by atoms with E-state index in [2.05, 4.69) is 25.2 Å². The summed E-state index contributed by atoms with van der Waals surface area (Å²) in [5.41, 5.74) is 5.82. The molecule has 0 radical (unpaired) electrons. The van der Waals surface area contributed by atoms with Crippen molar-refractivity contribution in [2.75, 3.05) is 35.6 Å². The summed E-state index contributed by atoms with van der Waals surface area (Å²) in [7, 11) is 0. The standard InChI is InChI=1S/C14H24N6O/c15-12-17-13(16-11-6-2-1-5-10(11)9-21)19-14(18-12)20-7-3-4-8-20/h10-11,21H,1-9H2,(H3,15,16,17,18,19). The molecule has 2 atom stereocenters. The van der Waals surface area contributed by atoms with Crippen LogP contribution in [0.5, 0.6) is 0 Å². The van der Waals surface area contributed by atoms with Crippen LogP contribution in [0.2, 0.25) is 0 Å². The van der Waals surface area contributed by atoms with E-state index in [1.807, 2.05) is 0 Å². The van der Waals surface area contributed by atoms with Crippen LogP contribution in [0.3, 0.4) is 0 Å². The van der Waals surface area contributed by atoms with Crippen LogP contribution in [-0.2, 0) is 0 Å². The van der Waals surface area contributed by atoms with E-state index < -0.39 is 0 Å². The molecule has 0 amide bonds. The fourth-order valence-corrected chi connectivity index (χ4v) is 3.29. The van der Waals surface area contributed by atoms with Crippen molar-refractivity contribution >= 4 is 17.8 Å². The molecular weight excluding hydrogens is 268 g/mol. The third-order valence-electron chi connectivity index (χ3n) is 4.49. The Kier molecular flexibility index (Phi) is 4.38. The molecule has 0 spiro atoms. The van der Waals surface area contributed by atoms with Crippen molar-refractivity contribution in [2.45, 2.75) is 44.6 Å². The lowest BCUT2D eigenvalue weighted by Gasteiger charge is -2.31. The second kappa shape index (κ2) is 6.43. The zero-order valence-electron chi connectivity index (χ0n) is 12.3. The van der Waals surface area contributed by atoms with Gasteiger partial charge < -0.3 is 21.1 Å². The topological polar surface area (TPSA) is 100 Å². The van der Waals surface area contributed by atoms with Crippen molar-refractivity contribution in [2.24, 2.45) is 5.92 Å². The van der Waals surface area contributed by atoms with Crippen molar-refractivity contribution in [3.8, 4) is 0 Å². The largest absolute Gasteiger partial charge is 0.396 e. The fourth-order valence-electron chi connectivity index (χ4n) is 3.29. The van der Waals surface area contributed by atoms with E-state index in [0.717, 1.165) is 25.9 Å². The molecule has 116 valence electrons. The van der Waals surface area contributed by atoms with Gasteiger partial charge in [-0.2, -0.15) is 15.0 Å². The highest BCUT2D eigenvalue weighted by Gasteiger charge is 2.25. The van der Waals surface area contributed by atoms with Gasteiger partial charge >= 0.3 is 0 Å². The summed E-state index contributed by atoms with van der Waals surface area (Å²) in [6.07, 6.45) is 6.78. The molecule has 21 heavy (non-hydrogen) atoms. The Bertz CT molecular complexity index is 477. The van der Waals surface area contributed by atoms with Gasteiger partial charge in [0.1, 0.15) is 0 Å². The average molecular weight is 292 g/mol. The van der Waals surface area contributed by atoms with Gasteiger partial charge in [-0.3, -0.25) is 0 Å². The van der Waals surface area contributed by atoms with Crippen molar-refractivity contribution in [3.63, 3.8) is 0 Å². The number of nitrogens with one attached hydrogen (secondary N) is 1. The van der Waals surface area contributed by atoms with Gasteiger partial charge in [-0.05, 0) is 25.7 Å². The molecule has 7 heteroatoms. The maximum atomic E-state index is 9.50. The van der Waals surface area contributed by atoms with E-state index in [1.165, 1.54) is 25.7 Å². The van der Waals surface area contributed by atoms with E-state index >= 15 is 0 Å². The highest BCUT2D eigenvalue weighted by Crippen LogP contribution is 2.27. The quantitative estimate of drug-likeness (QED) is 0.761. The van der Waals surface area contributed by atoms with Gasteiger partial charge in [0, 0.05) is 31.7 Å². The van der Waals surface area contributed by atoms with E-state index in [1.54, 1.807) is 0 Å². The molecule has 0 bridgehead atoms. The Morgan fingerprint density at radius 1 is 1.10 bits per heavy atom. The predicted octanol–water partition coefficient (Wildman–Crippen LogP) is 1.02. The molecule has 0 aromatic carbocycles. The van der Waals surface area contributed by atoms with Crippen LogP contribution in [0.1, 0.15) is 38.5 Å². The summed E-state index contributed by atoms with van der Waals surface area (Å²) in [4.78, 5) is 15.1. The van der Waals surface area contributed by atoms with Gasteiger partial charge in [-0.25, -0.2) is 0 Å². The molecule has 1 saturated carbocycles. The molecule has 1 saturated heterocycles. The fraction of sp³-hybridized carbons (Fsp3) is 0.786. The van der Waals surface area contributed by atoms with Crippen LogP contribution < -0.4 is 16.0 Å². The first kappa shape index (κ1) is 14.3. The van der Waals surface area contributed by atoms with Gasteiger partial charge in [-0.1, -0.05) is 12.8 Å². The first-order valence-electron chi connectivity index (χ1n) is 7.90. The van der Waals surface area contributed by atoms with Crippen LogP contribution in [0.25, 0.3) is 0 Å². The Hall–Kier alpha value is -1.63. The first-order valence-corrected chi connectivity index (χ1v) is 7.90. The van der Waals surface area contributed by atoms with Gasteiger partial charge in [0.05, 0.1) is 0 Å². The van der Waals surface area contributed by atoms with Gasteiger partial charge in [0.25, 0.3) is 0 Å². The smallest absolute Gasteiger partial charge is 0.231 e. The van der Waals surface area contributed by atoms with Crippen molar-refractivity contribution in [3.05, 3.63) is 0 Å². The highest BCUT2D eigenvalue weighted by atomic mass is 16.3. The van der Waals surface area contributed by atoms with E-state index in [-0.39, 0.29) is 24.5 Å².